The van der Waals surface area contributed by atoms with Crippen molar-refractivity contribution in [3.8, 4) is 0 Å². The van der Waals surface area contributed by atoms with Crippen molar-refractivity contribution in [3.05, 3.63) is 11.7 Å². The maximum atomic E-state index is 10.7. The second kappa shape index (κ2) is 3.13. The van der Waals surface area contributed by atoms with Crippen molar-refractivity contribution < 1.29 is 17.7 Å². The second-order valence-electron chi connectivity index (χ2n) is 2.45. The fourth-order valence-electron chi connectivity index (χ4n) is 0.638. The zero-order valence-corrected chi connectivity index (χ0v) is 7.54. The van der Waals surface area contributed by atoms with E-state index in [1.165, 1.54) is 0 Å². The van der Waals surface area contributed by atoms with Crippen molar-refractivity contribution in [2.45, 2.75) is 5.75 Å². The van der Waals surface area contributed by atoms with E-state index in [1.807, 2.05) is 0 Å². The lowest BCUT2D eigenvalue weighted by Crippen LogP contribution is -2.13. The van der Waals surface area contributed by atoms with Crippen molar-refractivity contribution in [1.82, 2.24) is 10.1 Å². The highest BCUT2D eigenvalue weighted by molar-refractivity contribution is 7.89. The fraction of sp³-hybridized carbons (Fsp3) is 0.400. The lowest BCUT2D eigenvalue weighted by molar-refractivity contribution is 0.0987. The first-order chi connectivity index (χ1) is 5.88. The van der Waals surface area contributed by atoms with Gasteiger partial charge < -0.3 is 10.3 Å². The normalized spacial score (nSPS) is 11.5. The predicted octanol–water partition coefficient (Wildman–Crippen LogP) is -1.29. The Balaban J connectivity index is 2.87. The third-order valence-corrected chi connectivity index (χ3v) is 1.85. The zero-order valence-electron chi connectivity index (χ0n) is 6.72. The lowest BCUT2D eigenvalue weighted by Gasteiger charge is -1.88. The first-order valence-electron chi connectivity index (χ1n) is 3.18. The number of rotatable bonds is 3. The molecule has 0 saturated heterocycles. The third-order valence-electron chi connectivity index (χ3n) is 1.07. The Labute approximate surface area is 73.8 Å². The van der Waals surface area contributed by atoms with Gasteiger partial charge in [0.05, 0.1) is 0 Å². The summed E-state index contributed by atoms with van der Waals surface area (Å²) >= 11 is 0. The van der Waals surface area contributed by atoms with Crippen molar-refractivity contribution in [2.75, 3.05) is 6.26 Å². The maximum Gasteiger partial charge on any atom is 0.290 e. The summed E-state index contributed by atoms with van der Waals surface area (Å²) in [6.45, 7) is 0. The monoisotopic (exact) mass is 205 g/mol. The SMILES string of the molecule is CS(=O)(=O)Cc1nc(C(N)=O)no1. The van der Waals surface area contributed by atoms with Crippen LogP contribution in [0.25, 0.3) is 0 Å². The molecule has 13 heavy (non-hydrogen) atoms. The van der Waals surface area contributed by atoms with E-state index in [9.17, 15) is 13.2 Å². The van der Waals surface area contributed by atoms with Gasteiger partial charge in [0.25, 0.3) is 11.7 Å². The number of aromatic nitrogens is 2. The lowest BCUT2D eigenvalue weighted by atomic mass is 10.6. The summed E-state index contributed by atoms with van der Waals surface area (Å²) in [5.41, 5.74) is 4.82. The van der Waals surface area contributed by atoms with Gasteiger partial charge >= 0.3 is 0 Å². The van der Waals surface area contributed by atoms with Gasteiger partial charge in [-0.2, -0.15) is 4.98 Å². The molecule has 7 nitrogen and oxygen atoms in total. The summed E-state index contributed by atoms with van der Waals surface area (Å²) in [4.78, 5) is 13.9. The minimum atomic E-state index is -3.24. The summed E-state index contributed by atoms with van der Waals surface area (Å²) in [5.74, 6) is -1.72. The minimum Gasteiger partial charge on any atom is -0.363 e. The molecule has 72 valence electrons. The summed E-state index contributed by atoms with van der Waals surface area (Å²) in [5, 5.41) is 3.17. The number of carbonyl (C=O) groups excluding carboxylic acids is 1. The average molecular weight is 205 g/mol. The number of primary amides is 1. The first-order valence-corrected chi connectivity index (χ1v) is 5.24. The average Bonchev–Trinajstić information content (AvgIpc) is 2.31. The number of hydrogen-bond donors (Lipinski definition) is 1. The summed E-state index contributed by atoms with van der Waals surface area (Å²) < 4.78 is 25.9. The Bertz CT molecular complexity index is 421. The number of nitrogens with two attached hydrogens (primary N) is 1. The van der Waals surface area contributed by atoms with E-state index in [4.69, 9.17) is 5.73 Å². The highest BCUT2D eigenvalue weighted by Gasteiger charge is 2.14. The number of amides is 1. The molecular weight excluding hydrogens is 198 g/mol. The van der Waals surface area contributed by atoms with Gasteiger partial charge in [-0.3, -0.25) is 4.79 Å². The highest BCUT2D eigenvalue weighted by atomic mass is 32.2. The van der Waals surface area contributed by atoms with Crippen LogP contribution in [-0.4, -0.2) is 30.7 Å². The van der Waals surface area contributed by atoms with Crippen molar-refractivity contribution in [3.63, 3.8) is 0 Å². The molecule has 1 aromatic heterocycles. The molecule has 0 saturated carbocycles. The van der Waals surface area contributed by atoms with E-state index in [1.54, 1.807) is 0 Å². The van der Waals surface area contributed by atoms with Gasteiger partial charge in [-0.25, -0.2) is 8.42 Å². The van der Waals surface area contributed by atoms with Gasteiger partial charge in [0.15, 0.2) is 9.84 Å². The van der Waals surface area contributed by atoms with Crippen molar-refractivity contribution in [1.29, 1.82) is 0 Å². The van der Waals surface area contributed by atoms with Gasteiger partial charge in [-0.15, -0.1) is 0 Å². The predicted molar refractivity (Wildman–Crippen MR) is 41.4 cm³/mol. The number of carbonyl (C=O) groups is 1. The van der Waals surface area contributed by atoms with Gasteiger partial charge in [-0.05, 0) is 0 Å². The Morgan fingerprint density at radius 1 is 1.62 bits per heavy atom. The van der Waals surface area contributed by atoms with Crippen LogP contribution in [0, 0.1) is 0 Å². The molecule has 0 aliphatic rings. The van der Waals surface area contributed by atoms with Gasteiger partial charge in [0, 0.05) is 6.26 Å². The molecule has 1 amide bonds. The molecule has 0 fully saturated rings. The van der Waals surface area contributed by atoms with Crippen LogP contribution in [-0.2, 0) is 15.6 Å². The summed E-state index contributed by atoms with van der Waals surface area (Å²) in [7, 11) is -3.24. The van der Waals surface area contributed by atoms with E-state index in [0.717, 1.165) is 6.26 Å². The van der Waals surface area contributed by atoms with Crippen LogP contribution >= 0.6 is 0 Å². The molecule has 0 aromatic carbocycles. The molecule has 2 N–H and O–H groups in total. The molecule has 0 bridgehead atoms. The molecule has 8 heteroatoms. The summed E-state index contributed by atoms with van der Waals surface area (Å²) in [6.07, 6.45) is 1.02. The van der Waals surface area contributed by atoms with Crippen molar-refractivity contribution >= 4 is 15.7 Å². The van der Waals surface area contributed by atoms with Gasteiger partial charge in [0.2, 0.25) is 5.89 Å². The van der Waals surface area contributed by atoms with E-state index in [-0.39, 0.29) is 11.7 Å². The molecule has 1 aromatic rings. The van der Waals surface area contributed by atoms with Crippen LogP contribution in [0.2, 0.25) is 0 Å². The van der Waals surface area contributed by atoms with Crippen LogP contribution in [0.1, 0.15) is 16.5 Å². The first kappa shape index (κ1) is 9.65. The van der Waals surface area contributed by atoms with E-state index in [2.05, 4.69) is 14.7 Å². The number of hydrogen-bond acceptors (Lipinski definition) is 6. The van der Waals surface area contributed by atoms with Crippen LogP contribution in [0.15, 0.2) is 4.52 Å². The zero-order chi connectivity index (χ0) is 10.1. The standard InChI is InChI=1S/C5H7N3O4S/c1-13(10,11)2-3-7-5(4(6)9)8-12-3/h2H2,1H3,(H2,6,9). The molecular formula is C5H7N3O4S. The molecule has 0 aliphatic carbocycles. The van der Waals surface area contributed by atoms with E-state index in [0.29, 0.717) is 0 Å². The van der Waals surface area contributed by atoms with Gasteiger partial charge in [-0.1, -0.05) is 5.16 Å². The van der Waals surface area contributed by atoms with Crippen LogP contribution in [0.3, 0.4) is 0 Å². The molecule has 1 rings (SSSR count). The fourth-order valence-corrected chi connectivity index (χ4v) is 1.20. The smallest absolute Gasteiger partial charge is 0.290 e. The molecule has 0 radical (unpaired) electrons. The number of sulfone groups is 1. The third kappa shape index (κ3) is 2.82. The number of nitrogens with zero attached hydrogens (tertiary/aromatic N) is 2. The molecule has 0 unspecified atom stereocenters. The van der Waals surface area contributed by atoms with Crippen LogP contribution < -0.4 is 5.73 Å². The molecule has 0 aliphatic heterocycles. The Morgan fingerprint density at radius 3 is 2.62 bits per heavy atom. The largest absolute Gasteiger partial charge is 0.363 e. The summed E-state index contributed by atoms with van der Waals surface area (Å²) in [6, 6.07) is 0. The second-order valence-corrected chi connectivity index (χ2v) is 4.59. The van der Waals surface area contributed by atoms with Crippen LogP contribution in [0.4, 0.5) is 0 Å². The topological polar surface area (TPSA) is 116 Å². The quantitative estimate of drug-likeness (QED) is 0.656. The van der Waals surface area contributed by atoms with Crippen LogP contribution in [0.5, 0.6) is 0 Å². The Hall–Kier alpha value is -1.44. The van der Waals surface area contributed by atoms with E-state index >= 15 is 0 Å². The maximum absolute atomic E-state index is 10.7. The van der Waals surface area contributed by atoms with Gasteiger partial charge in [0.1, 0.15) is 5.75 Å². The molecule has 1 heterocycles. The Morgan fingerprint density at radius 2 is 2.23 bits per heavy atom. The molecule has 0 atom stereocenters. The van der Waals surface area contributed by atoms with Crippen molar-refractivity contribution in [2.24, 2.45) is 5.73 Å². The van der Waals surface area contributed by atoms with E-state index < -0.39 is 21.5 Å². The Kier molecular flexibility index (Phi) is 2.32. The molecule has 0 spiro atoms. The highest BCUT2D eigenvalue weighted by Crippen LogP contribution is 2.01. The minimum absolute atomic E-state index is 0.142.